The van der Waals surface area contributed by atoms with Crippen LogP contribution in [0.4, 0.5) is 15.9 Å². The Hall–Kier alpha value is -2.88. The molecular weight excluding hydrogens is 357 g/mol. The van der Waals surface area contributed by atoms with E-state index in [1.54, 1.807) is 16.8 Å². The number of carbonyl (C=O) groups is 1. The molecule has 1 saturated heterocycles. The maximum Gasteiger partial charge on any atom is 0.228 e. The maximum atomic E-state index is 14.2. The van der Waals surface area contributed by atoms with Gasteiger partial charge in [0.25, 0.3) is 0 Å². The van der Waals surface area contributed by atoms with E-state index in [2.05, 4.69) is 24.3 Å². The number of anilines is 2. The normalized spacial score (nSPS) is 14.9. The zero-order chi connectivity index (χ0) is 20.3. The van der Waals surface area contributed by atoms with E-state index in [9.17, 15) is 9.18 Å². The first-order valence-electron chi connectivity index (χ1n) is 9.65. The quantitative estimate of drug-likeness (QED) is 0.858. The number of aromatic nitrogens is 2. The number of halogens is 1. The van der Waals surface area contributed by atoms with E-state index in [0.717, 1.165) is 12.1 Å². The Balaban J connectivity index is 1.58. The predicted molar refractivity (Wildman–Crippen MR) is 106 cm³/mol. The number of nitrogens with one attached hydrogen (secondary N) is 1. The number of rotatable bonds is 5. The lowest BCUT2D eigenvalue weighted by molar-refractivity contribution is -0.120. The van der Waals surface area contributed by atoms with Crippen LogP contribution in [0.15, 0.2) is 24.3 Å². The zero-order valence-corrected chi connectivity index (χ0v) is 16.6. The molecule has 3 rings (SSSR count). The molecule has 1 aliphatic rings. The van der Waals surface area contributed by atoms with Crippen molar-refractivity contribution in [3.63, 3.8) is 0 Å². The Kier molecular flexibility index (Phi) is 5.98. The number of piperidine rings is 1. The lowest BCUT2D eigenvalue weighted by atomic mass is 9.95. The highest BCUT2D eigenvalue weighted by Gasteiger charge is 2.27. The van der Waals surface area contributed by atoms with Crippen molar-refractivity contribution in [3.8, 4) is 6.07 Å². The summed E-state index contributed by atoms with van der Waals surface area (Å²) in [4.78, 5) is 14.6. The van der Waals surface area contributed by atoms with E-state index in [0.29, 0.717) is 48.9 Å². The number of aryl methyl sites for hydroxylation is 1. The van der Waals surface area contributed by atoms with Crippen LogP contribution in [-0.2, 0) is 18.3 Å². The molecule has 0 saturated carbocycles. The van der Waals surface area contributed by atoms with Crippen molar-refractivity contribution in [1.29, 1.82) is 5.26 Å². The largest absolute Gasteiger partial charge is 0.369 e. The number of benzene rings is 1. The molecule has 0 bridgehead atoms. The van der Waals surface area contributed by atoms with E-state index in [1.165, 1.54) is 6.07 Å². The fourth-order valence-electron chi connectivity index (χ4n) is 3.61. The highest BCUT2D eigenvalue weighted by molar-refractivity contribution is 5.92. The fraction of sp³-hybridized carbons (Fsp3) is 0.476. The summed E-state index contributed by atoms with van der Waals surface area (Å²) in [5.41, 5.74) is 1.77. The third kappa shape index (κ3) is 4.50. The van der Waals surface area contributed by atoms with Gasteiger partial charge in [0.1, 0.15) is 11.6 Å². The van der Waals surface area contributed by atoms with Crippen molar-refractivity contribution >= 4 is 17.4 Å². The molecule has 2 aromatic rings. The minimum Gasteiger partial charge on any atom is -0.369 e. The lowest BCUT2D eigenvalue weighted by Gasteiger charge is -2.33. The fourth-order valence-corrected chi connectivity index (χ4v) is 3.61. The molecule has 0 aliphatic carbocycles. The van der Waals surface area contributed by atoms with Crippen LogP contribution in [-0.4, -0.2) is 28.8 Å². The van der Waals surface area contributed by atoms with Crippen LogP contribution in [0, 0.1) is 29.0 Å². The van der Waals surface area contributed by atoms with Crippen molar-refractivity contribution in [2.45, 2.75) is 33.1 Å². The molecule has 1 fully saturated rings. The first-order chi connectivity index (χ1) is 13.4. The molecule has 1 aromatic heterocycles. The van der Waals surface area contributed by atoms with Crippen molar-refractivity contribution in [3.05, 3.63) is 41.3 Å². The standard InChI is InChI=1S/C21H26FN5O/c1-14(2)10-17-12-20(26(3)25-17)24-21(28)16-6-8-27(9-7-16)19-5-4-15(13-23)11-18(19)22/h4-5,11-12,14,16H,6-10H2,1-3H3,(H,24,28). The van der Waals surface area contributed by atoms with Gasteiger partial charge in [-0.25, -0.2) is 4.39 Å². The lowest BCUT2D eigenvalue weighted by Crippen LogP contribution is -2.38. The van der Waals surface area contributed by atoms with Gasteiger partial charge in [0.05, 0.1) is 23.0 Å². The topological polar surface area (TPSA) is 74.0 Å². The maximum absolute atomic E-state index is 14.2. The Morgan fingerprint density at radius 1 is 1.36 bits per heavy atom. The Morgan fingerprint density at radius 3 is 2.68 bits per heavy atom. The van der Waals surface area contributed by atoms with Gasteiger partial charge >= 0.3 is 0 Å². The summed E-state index contributed by atoms with van der Waals surface area (Å²) >= 11 is 0. The smallest absolute Gasteiger partial charge is 0.228 e. The van der Waals surface area contributed by atoms with Crippen LogP contribution < -0.4 is 10.2 Å². The number of nitrogens with zero attached hydrogens (tertiary/aromatic N) is 4. The summed E-state index contributed by atoms with van der Waals surface area (Å²) in [6.07, 6.45) is 2.18. The monoisotopic (exact) mass is 383 g/mol. The Bertz CT molecular complexity index is 891. The first-order valence-corrected chi connectivity index (χ1v) is 9.65. The predicted octanol–water partition coefficient (Wildman–Crippen LogP) is 3.48. The van der Waals surface area contributed by atoms with Gasteiger partial charge in [0.2, 0.25) is 5.91 Å². The molecule has 1 N–H and O–H groups in total. The van der Waals surface area contributed by atoms with Crippen LogP contribution >= 0.6 is 0 Å². The molecule has 2 heterocycles. The summed E-state index contributed by atoms with van der Waals surface area (Å²) < 4.78 is 15.9. The summed E-state index contributed by atoms with van der Waals surface area (Å²) in [6, 6.07) is 8.38. The molecule has 0 spiro atoms. The van der Waals surface area contributed by atoms with Crippen molar-refractivity contribution in [1.82, 2.24) is 9.78 Å². The molecular formula is C21H26FN5O. The van der Waals surface area contributed by atoms with Gasteiger partial charge in [-0.15, -0.1) is 0 Å². The van der Waals surface area contributed by atoms with Gasteiger partial charge in [0, 0.05) is 32.1 Å². The van der Waals surface area contributed by atoms with Crippen molar-refractivity contribution in [2.24, 2.45) is 18.9 Å². The second kappa shape index (κ2) is 8.42. The number of amides is 1. The number of hydrogen-bond donors (Lipinski definition) is 1. The molecule has 0 unspecified atom stereocenters. The molecule has 6 nitrogen and oxygen atoms in total. The van der Waals surface area contributed by atoms with Crippen molar-refractivity contribution in [2.75, 3.05) is 23.3 Å². The molecule has 1 aliphatic heterocycles. The summed E-state index contributed by atoms with van der Waals surface area (Å²) in [7, 11) is 1.83. The number of hydrogen-bond acceptors (Lipinski definition) is 4. The second-order valence-electron chi connectivity index (χ2n) is 7.77. The number of carbonyl (C=O) groups excluding carboxylic acids is 1. The molecule has 0 atom stereocenters. The van der Waals surface area contributed by atoms with Crippen LogP contribution in [0.2, 0.25) is 0 Å². The average Bonchev–Trinajstić information content (AvgIpc) is 2.99. The van der Waals surface area contributed by atoms with Gasteiger partial charge in [-0.05, 0) is 43.4 Å². The van der Waals surface area contributed by atoms with Crippen LogP contribution in [0.25, 0.3) is 0 Å². The summed E-state index contributed by atoms with van der Waals surface area (Å²) in [5, 5.41) is 16.3. The van der Waals surface area contributed by atoms with E-state index in [1.807, 2.05) is 24.1 Å². The molecule has 1 amide bonds. The van der Waals surface area contributed by atoms with E-state index in [4.69, 9.17) is 5.26 Å². The second-order valence-corrected chi connectivity index (χ2v) is 7.77. The first kappa shape index (κ1) is 19.9. The minimum absolute atomic E-state index is 0.0148. The SMILES string of the molecule is CC(C)Cc1cc(NC(=O)C2CCN(c3ccc(C#N)cc3F)CC2)n(C)n1. The molecule has 28 heavy (non-hydrogen) atoms. The van der Waals surface area contributed by atoms with Gasteiger partial charge in [0.15, 0.2) is 0 Å². The zero-order valence-electron chi connectivity index (χ0n) is 16.6. The molecule has 0 radical (unpaired) electrons. The van der Waals surface area contributed by atoms with Gasteiger partial charge < -0.3 is 10.2 Å². The van der Waals surface area contributed by atoms with Gasteiger partial charge in [-0.3, -0.25) is 9.48 Å². The van der Waals surface area contributed by atoms with E-state index < -0.39 is 5.82 Å². The van der Waals surface area contributed by atoms with Crippen LogP contribution in [0.1, 0.15) is 37.9 Å². The Labute approximate surface area is 164 Å². The van der Waals surface area contributed by atoms with Crippen LogP contribution in [0.5, 0.6) is 0 Å². The van der Waals surface area contributed by atoms with Gasteiger partial charge in [-0.2, -0.15) is 10.4 Å². The summed E-state index contributed by atoms with van der Waals surface area (Å²) in [5.74, 6) is 0.696. The highest BCUT2D eigenvalue weighted by atomic mass is 19.1. The summed E-state index contributed by atoms with van der Waals surface area (Å²) in [6.45, 7) is 5.48. The minimum atomic E-state index is -0.394. The van der Waals surface area contributed by atoms with Gasteiger partial charge in [-0.1, -0.05) is 13.8 Å². The third-order valence-electron chi connectivity index (χ3n) is 5.08. The van der Waals surface area contributed by atoms with Crippen LogP contribution in [0.3, 0.4) is 0 Å². The Morgan fingerprint density at radius 2 is 2.07 bits per heavy atom. The molecule has 7 heteroatoms. The third-order valence-corrected chi connectivity index (χ3v) is 5.08. The molecule has 1 aromatic carbocycles. The van der Waals surface area contributed by atoms with Crippen molar-refractivity contribution < 1.29 is 9.18 Å². The number of nitriles is 1. The molecule has 148 valence electrons. The van der Waals surface area contributed by atoms with E-state index >= 15 is 0 Å². The highest BCUT2D eigenvalue weighted by Crippen LogP contribution is 2.27. The average molecular weight is 383 g/mol. The van der Waals surface area contributed by atoms with E-state index in [-0.39, 0.29) is 11.8 Å².